The van der Waals surface area contributed by atoms with E-state index in [2.05, 4.69) is 14.9 Å². The summed E-state index contributed by atoms with van der Waals surface area (Å²) in [7, 11) is -0.230. The average molecular weight is 309 g/mol. The number of aromatic nitrogens is 4. The van der Waals surface area contributed by atoms with E-state index in [1.165, 1.54) is 29.8 Å². The van der Waals surface area contributed by atoms with Gasteiger partial charge in [0.05, 0.1) is 17.6 Å². The quantitative estimate of drug-likeness (QED) is 0.930. The van der Waals surface area contributed by atoms with Crippen LogP contribution < -0.4 is 4.72 Å². The fraction of sp³-hybridized carbons (Fsp3) is 0.538. The molecule has 2 aromatic heterocycles. The van der Waals surface area contributed by atoms with Crippen LogP contribution in [0.4, 0.5) is 5.69 Å². The summed E-state index contributed by atoms with van der Waals surface area (Å²) >= 11 is 0. The molecule has 0 amide bonds. The van der Waals surface area contributed by atoms with Crippen molar-refractivity contribution in [1.29, 1.82) is 0 Å². The van der Waals surface area contributed by atoms with Gasteiger partial charge < -0.3 is 0 Å². The smallest absolute Gasteiger partial charge is 0.275 e. The molecule has 0 spiro atoms. The summed E-state index contributed by atoms with van der Waals surface area (Å²) in [6.45, 7) is 0. The summed E-state index contributed by atoms with van der Waals surface area (Å²) in [6, 6.07) is 1.48. The molecule has 21 heavy (non-hydrogen) atoms. The summed E-state index contributed by atoms with van der Waals surface area (Å²) in [5, 5.41) is 8.50. The molecule has 0 aliphatic heterocycles. The molecule has 2 aromatic rings. The van der Waals surface area contributed by atoms with E-state index < -0.39 is 10.0 Å². The van der Waals surface area contributed by atoms with Gasteiger partial charge in [-0.25, -0.2) is 0 Å². The Labute approximate surface area is 124 Å². The highest BCUT2D eigenvalue weighted by Crippen LogP contribution is 2.37. The predicted molar refractivity (Wildman–Crippen MR) is 78.4 cm³/mol. The van der Waals surface area contributed by atoms with Gasteiger partial charge in [-0.05, 0) is 18.9 Å². The van der Waals surface area contributed by atoms with E-state index in [1.54, 1.807) is 25.0 Å². The van der Waals surface area contributed by atoms with Crippen LogP contribution in [-0.2, 0) is 24.1 Å². The van der Waals surface area contributed by atoms with Crippen molar-refractivity contribution in [1.82, 2.24) is 19.6 Å². The highest BCUT2D eigenvalue weighted by atomic mass is 32.2. The number of rotatable bonds is 4. The fourth-order valence-corrected chi connectivity index (χ4v) is 4.09. The van der Waals surface area contributed by atoms with Crippen LogP contribution in [0.5, 0.6) is 0 Å². The molecule has 0 atom stereocenters. The van der Waals surface area contributed by atoms with Crippen LogP contribution in [0.3, 0.4) is 0 Å². The van der Waals surface area contributed by atoms with Gasteiger partial charge in [0.25, 0.3) is 10.0 Å². The number of hydrogen-bond donors (Lipinski definition) is 1. The largest absolute Gasteiger partial charge is 0.279 e. The van der Waals surface area contributed by atoms with Crippen LogP contribution in [0.2, 0.25) is 0 Å². The van der Waals surface area contributed by atoms with Gasteiger partial charge in [0.15, 0.2) is 5.03 Å². The third-order valence-corrected chi connectivity index (χ3v) is 5.33. The lowest BCUT2D eigenvalue weighted by Gasteiger charge is -2.11. The molecule has 7 nitrogen and oxygen atoms in total. The Morgan fingerprint density at radius 2 is 2.00 bits per heavy atom. The molecule has 114 valence electrons. The van der Waals surface area contributed by atoms with Crippen LogP contribution in [0.25, 0.3) is 0 Å². The zero-order chi connectivity index (χ0) is 15.0. The summed E-state index contributed by atoms with van der Waals surface area (Å²) in [6.07, 6.45) is 7.68. The summed E-state index contributed by atoms with van der Waals surface area (Å²) in [5.74, 6) is 0.343. The van der Waals surface area contributed by atoms with Crippen molar-refractivity contribution in [3.63, 3.8) is 0 Å². The van der Waals surface area contributed by atoms with Gasteiger partial charge in [-0.1, -0.05) is 12.8 Å². The second-order valence-corrected chi connectivity index (χ2v) is 7.11. The molecule has 1 aliphatic rings. The van der Waals surface area contributed by atoms with E-state index >= 15 is 0 Å². The van der Waals surface area contributed by atoms with E-state index in [-0.39, 0.29) is 5.03 Å². The predicted octanol–water partition coefficient (Wildman–Crippen LogP) is 1.61. The molecule has 1 aliphatic carbocycles. The SMILES string of the molecule is Cn1cc(NS(=O)(=O)c2ccnn2C)c(C2CCCC2)n1. The zero-order valence-electron chi connectivity index (χ0n) is 12.2. The van der Waals surface area contributed by atoms with Gasteiger partial charge >= 0.3 is 0 Å². The van der Waals surface area contributed by atoms with Gasteiger partial charge in [0, 0.05) is 26.2 Å². The third kappa shape index (κ3) is 2.67. The Morgan fingerprint density at radius 1 is 1.29 bits per heavy atom. The van der Waals surface area contributed by atoms with Crippen LogP contribution >= 0.6 is 0 Å². The highest BCUT2D eigenvalue weighted by Gasteiger charge is 2.26. The minimum absolute atomic E-state index is 0.142. The van der Waals surface area contributed by atoms with Gasteiger partial charge in [-0.15, -0.1) is 0 Å². The molecule has 0 radical (unpaired) electrons. The Hall–Kier alpha value is -1.83. The Morgan fingerprint density at radius 3 is 2.62 bits per heavy atom. The lowest BCUT2D eigenvalue weighted by Crippen LogP contribution is -2.17. The van der Waals surface area contributed by atoms with Gasteiger partial charge in [0.2, 0.25) is 0 Å². The highest BCUT2D eigenvalue weighted by molar-refractivity contribution is 7.92. The molecular weight excluding hydrogens is 290 g/mol. The molecule has 0 aromatic carbocycles. The minimum Gasteiger partial charge on any atom is -0.275 e. The number of nitrogens with one attached hydrogen (secondary N) is 1. The average Bonchev–Trinajstić information content (AvgIpc) is 3.09. The third-order valence-electron chi connectivity index (χ3n) is 3.89. The maximum absolute atomic E-state index is 12.5. The molecule has 3 rings (SSSR count). The van der Waals surface area contributed by atoms with E-state index in [9.17, 15) is 8.42 Å². The standard InChI is InChI=1S/C13H19N5O2S/c1-17-9-11(13(15-17)10-5-3-4-6-10)16-21(19,20)12-7-8-14-18(12)2/h7-10,16H,3-6H2,1-2H3. The van der Waals surface area contributed by atoms with E-state index in [0.29, 0.717) is 11.6 Å². The Balaban J connectivity index is 1.93. The van der Waals surface area contributed by atoms with Crippen molar-refractivity contribution in [3.8, 4) is 0 Å². The Kier molecular flexibility index (Phi) is 3.48. The van der Waals surface area contributed by atoms with Gasteiger partial charge in [0.1, 0.15) is 0 Å². The van der Waals surface area contributed by atoms with Gasteiger partial charge in [-0.3, -0.25) is 14.1 Å². The van der Waals surface area contributed by atoms with Crippen molar-refractivity contribution in [3.05, 3.63) is 24.2 Å². The number of hydrogen-bond acceptors (Lipinski definition) is 4. The Bertz CT molecular complexity index is 740. The van der Waals surface area contributed by atoms with Crippen molar-refractivity contribution < 1.29 is 8.42 Å². The first-order valence-electron chi connectivity index (χ1n) is 7.02. The molecule has 8 heteroatoms. The topological polar surface area (TPSA) is 81.8 Å². The second kappa shape index (κ2) is 5.18. The van der Waals surface area contributed by atoms with Gasteiger partial charge in [-0.2, -0.15) is 18.6 Å². The summed E-state index contributed by atoms with van der Waals surface area (Å²) in [5.41, 5.74) is 1.42. The fourth-order valence-electron chi connectivity index (χ4n) is 2.91. The van der Waals surface area contributed by atoms with E-state index in [0.717, 1.165) is 18.5 Å². The first-order valence-corrected chi connectivity index (χ1v) is 8.50. The number of aryl methyl sites for hydroxylation is 2. The van der Waals surface area contributed by atoms with Crippen LogP contribution in [-0.4, -0.2) is 28.0 Å². The normalized spacial score (nSPS) is 16.5. The lowest BCUT2D eigenvalue weighted by molar-refractivity contribution is 0.582. The molecule has 1 saturated carbocycles. The van der Waals surface area contributed by atoms with Crippen molar-refractivity contribution in [2.75, 3.05) is 4.72 Å². The lowest BCUT2D eigenvalue weighted by atomic mass is 10.0. The molecule has 0 saturated heterocycles. The monoisotopic (exact) mass is 309 g/mol. The maximum atomic E-state index is 12.5. The molecule has 0 unspecified atom stereocenters. The summed E-state index contributed by atoms with van der Waals surface area (Å²) < 4.78 is 30.6. The molecule has 1 fully saturated rings. The molecule has 1 N–H and O–H groups in total. The first kappa shape index (κ1) is 14.1. The summed E-state index contributed by atoms with van der Waals surface area (Å²) in [4.78, 5) is 0. The van der Waals surface area contributed by atoms with E-state index in [4.69, 9.17) is 0 Å². The zero-order valence-corrected chi connectivity index (χ0v) is 13.0. The maximum Gasteiger partial charge on any atom is 0.279 e. The van der Waals surface area contributed by atoms with Crippen molar-refractivity contribution in [2.45, 2.75) is 36.6 Å². The van der Waals surface area contributed by atoms with Crippen LogP contribution in [0.15, 0.2) is 23.5 Å². The van der Waals surface area contributed by atoms with Crippen molar-refractivity contribution in [2.24, 2.45) is 14.1 Å². The number of sulfonamides is 1. The first-order chi connectivity index (χ1) is 9.97. The van der Waals surface area contributed by atoms with E-state index in [1.807, 2.05) is 0 Å². The number of anilines is 1. The van der Waals surface area contributed by atoms with Crippen LogP contribution in [0.1, 0.15) is 37.3 Å². The van der Waals surface area contributed by atoms with Crippen LogP contribution in [0, 0.1) is 0 Å². The van der Waals surface area contributed by atoms with Crippen molar-refractivity contribution >= 4 is 15.7 Å². The molecule has 2 heterocycles. The second-order valence-electron chi connectivity index (χ2n) is 5.48. The molecular formula is C13H19N5O2S. The minimum atomic E-state index is -3.64. The molecule has 0 bridgehead atoms. The number of nitrogens with zero attached hydrogens (tertiary/aromatic N) is 4.